The second kappa shape index (κ2) is 5.20. The van der Waals surface area contributed by atoms with Crippen molar-refractivity contribution in [1.82, 2.24) is 9.13 Å². The van der Waals surface area contributed by atoms with Gasteiger partial charge in [0.1, 0.15) is 0 Å². The molecule has 1 fully saturated rings. The molecule has 0 unspecified atom stereocenters. The summed E-state index contributed by atoms with van der Waals surface area (Å²) in [5.74, 6) is 0.00862. The molecule has 110 valence electrons. The van der Waals surface area contributed by atoms with Gasteiger partial charge in [-0.05, 0) is 30.9 Å². The monoisotopic (exact) mass is 290 g/mol. The summed E-state index contributed by atoms with van der Waals surface area (Å²) in [4.78, 5) is 24.2. The molecule has 0 N–H and O–H groups in total. The van der Waals surface area contributed by atoms with E-state index in [9.17, 15) is 14.0 Å². The van der Waals surface area contributed by atoms with Gasteiger partial charge in [0.15, 0.2) is 11.6 Å². The largest absolute Gasteiger partial charge is 0.494 e. The Hall–Kier alpha value is -2.37. The van der Waals surface area contributed by atoms with Crippen LogP contribution in [0, 0.1) is 11.7 Å². The second-order valence-corrected chi connectivity index (χ2v) is 5.19. The molecule has 0 spiro atoms. The number of hydrogen-bond acceptors (Lipinski definition) is 3. The Morgan fingerprint density at radius 3 is 2.62 bits per heavy atom. The van der Waals surface area contributed by atoms with E-state index >= 15 is 0 Å². The molecular formula is C15H15FN2O3. The highest BCUT2D eigenvalue weighted by Gasteiger charge is 2.22. The van der Waals surface area contributed by atoms with E-state index in [1.165, 1.54) is 36.1 Å². The molecule has 0 amide bonds. The zero-order valence-electron chi connectivity index (χ0n) is 11.6. The molecule has 2 aromatic rings. The van der Waals surface area contributed by atoms with Crippen LogP contribution in [0.4, 0.5) is 4.39 Å². The van der Waals surface area contributed by atoms with Gasteiger partial charge in [0.25, 0.3) is 0 Å². The first-order valence-electron chi connectivity index (χ1n) is 6.76. The highest BCUT2D eigenvalue weighted by atomic mass is 19.1. The zero-order valence-corrected chi connectivity index (χ0v) is 11.6. The third kappa shape index (κ3) is 2.61. The van der Waals surface area contributed by atoms with Crippen molar-refractivity contribution in [2.75, 3.05) is 7.11 Å². The first-order valence-corrected chi connectivity index (χ1v) is 6.76. The molecule has 1 aliphatic carbocycles. The molecule has 0 radical (unpaired) electrons. The van der Waals surface area contributed by atoms with Crippen LogP contribution >= 0.6 is 0 Å². The predicted molar refractivity (Wildman–Crippen MR) is 75.5 cm³/mol. The van der Waals surface area contributed by atoms with E-state index < -0.39 is 16.9 Å². The number of aromatic nitrogens is 2. The molecule has 0 bridgehead atoms. The fourth-order valence-corrected chi connectivity index (χ4v) is 2.24. The molecule has 6 heteroatoms. The van der Waals surface area contributed by atoms with E-state index in [4.69, 9.17) is 4.74 Å². The minimum Gasteiger partial charge on any atom is -0.494 e. The summed E-state index contributed by atoms with van der Waals surface area (Å²) in [7, 11) is 1.36. The smallest absolute Gasteiger partial charge is 0.320 e. The maximum absolute atomic E-state index is 13.7. The van der Waals surface area contributed by atoms with Crippen molar-refractivity contribution < 1.29 is 9.13 Å². The predicted octanol–water partition coefficient (Wildman–Crippen LogP) is 1.56. The summed E-state index contributed by atoms with van der Waals surface area (Å²) in [6, 6.07) is 4.13. The number of benzene rings is 1. The lowest BCUT2D eigenvalue weighted by atomic mass is 10.3. The van der Waals surface area contributed by atoms with Crippen molar-refractivity contribution in [2.24, 2.45) is 5.92 Å². The van der Waals surface area contributed by atoms with Crippen molar-refractivity contribution in [3.8, 4) is 11.4 Å². The number of ether oxygens (including phenoxy) is 1. The maximum Gasteiger partial charge on any atom is 0.320 e. The summed E-state index contributed by atoms with van der Waals surface area (Å²) in [5.41, 5.74) is -0.961. The molecule has 0 saturated heterocycles. The summed E-state index contributed by atoms with van der Waals surface area (Å²) in [6.45, 7) is 0.575. The highest BCUT2D eigenvalue weighted by molar-refractivity contribution is 5.38. The number of hydrogen-bond donors (Lipinski definition) is 0. The average molecular weight is 290 g/mol. The Bertz CT molecular complexity index is 790. The lowest BCUT2D eigenvalue weighted by molar-refractivity contribution is 0.386. The normalized spacial score (nSPS) is 14.2. The van der Waals surface area contributed by atoms with Gasteiger partial charge in [-0.15, -0.1) is 0 Å². The summed E-state index contributed by atoms with van der Waals surface area (Å²) < 4.78 is 21.1. The van der Waals surface area contributed by atoms with Crippen molar-refractivity contribution in [1.29, 1.82) is 0 Å². The maximum atomic E-state index is 13.7. The first-order chi connectivity index (χ1) is 10.1. The van der Waals surface area contributed by atoms with Crippen LogP contribution in [0.1, 0.15) is 12.8 Å². The number of methoxy groups -OCH3 is 1. The van der Waals surface area contributed by atoms with Crippen LogP contribution in [0.3, 0.4) is 0 Å². The van der Waals surface area contributed by atoms with E-state index in [-0.39, 0.29) is 5.75 Å². The first kappa shape index (κ1) is 13.6. The number of rotatable bonds is 4. The zero-order chi connectivity index (χ0) is 15.0. The van der Waals surface area contributed by atoms with Crippen LogP contribution in [-0.4, -0.2) is 16.2 Å². The number of halogens is 1. The Labute approximate surface area is 120 Å². The van der Waals surface area contributed by atoms with Crippen LogP contribution in [0.5, 0.6) is 5.75 Å². The third-order valence-corrected chi connectivity index (χ3v) is 3.62. The van der Waals surface area contributed by atoms with E-state index in [0.717, 1.165) is 17.4 Å². The SMILES string of the molecule is COc1ccc(-n2ccn(CC3CC3)c(=O)c2=O)cc1F. The molecule has 3 rings (SSSR count). The second-order valence-electron chi connectivity index (χ2n) is 5.19. The summed E-state index contributed by atoms with van der Waals surface area (Å²) in [5, 5.41) is 0. The van der Waals surface area contributed by atoms with Crippen molar-refractivity contribution in [3.63, 3.8) is 0 Å². The standard InChI is InChI=1S/C15H15FN2O3/c1-21-13-5-4-11(8-12(13)16)18-7-6-17(9-10-2-3-10)14(19)15(18)20/h4-8,10H,2-3,9H2,1H3. The molecule has 0 aliphatic heterocycles. The van der Waals surface area contributed by atoms with Gasteiger partial charge in [0.2, 0.25) is 0 Å². The van der Waals surface area contributed by atoms with Crippen LogP contribution < -0.4 is 15.9 Å². The average Bonchev–Trinajstić information content (AvgIpc) is 3.28. The van der Waals surface area contributed by atoms with Gasteiger partial charge in [-0.1, -0.05) is 0 Å². The summed E-state index contributed by atoms with van der Waals surface area (Å²) >= 11 is 0. The topological polar surface area (TPSA) is 53.2 Å². The van der Waals surface area contributed by atoms with Gasteiger partial charge in [-0.3, -0.25) is 14.2 Å². The Kier molecular flexibility index (Phi) is 3.37. The van der Waals surface area contributed by atoms with Gasteiger partial charge >= 0.3 is 11.1 Å². The van der Waals surface area contributed by atoms with Crippen LogP contribution in [0.2, 0.25) is 0 Å². The molecule has 1 aromatic carbocycles. The lowest BCUT2D eigenvalue weighted by Crippen LogP contribution is -2.40. The molecular weight excluding hydrogens is 275 g/mol. The number of nitrogens with zero attached hydrogens (tertiary/aromatic N) is 2. The minimum absolute atomic E-state index is 0.0916. The van der Waals surface area contributed by atoms with Crippen LogP contribution in [-0.2, 0) is 6.54 Å². The minimum atomic E-state index is -0.678. The van der Waals surface area contributed by atoms with Gasteiger partial charge in [0.05, 0.1) is 12.8 Å². The molecule has 5 nitrogen and oxygen atoms in total. The summed E-state index contributed by atoms with van der Waals surface area (Å²) in [6.07, 6.45) is 5.26. The van der Waals surface area contributed by atoms with Gasteiger partial charge in [0, 0.05) is 25.0 Å². The van der Waals surface area contributed by atoms with Crippen LogP contribution in [0.25, 0.3) is 5.69 Å². The van der Waals surface area contributed by atoms with Crippen molar-refractivity contribution >= 4 is 0 Å². The molecule has 1 aromatic heterocycles. The lowest BCUT2D eigenvalue weighted by Gasteiger charge is -2.09. The van der Waals surface area contributed by atoms with Crippen LogP contribution in [0.15, 0.2) is 40.2 Å². The molecule has 1 heterocycles. The fraction of sp³-hybridized carbons (Fsp3) is 0.333. The highest BCUT2D eigenvalue weighted by Crippen LogP contribution is 2.29. The quantitative estimate of drug-likeness (QED) is 0.803. The van der Waals surface area contributed by atoms with E-state index in [0.29, 0.717) is 18.2 Å². The van der Waals surface area contributed by atoms with E-state index in [1.54, 1.807) is 6.20 Å². The molecule has 21 heavy (non-hydrogen) atoms. The molecule has 1 aliphatic rings. The van der Waals surface area contributed by atoms with E-state index in [1.807, 2.05) is 0 Å². The van der Waals surface area contributed by atoms with Gasteiger partial charge in [-0.25, -0.2) is 4.39 Å². The fourth-order valence-electron chi connectivity index (χ4n) is 2.24. The third-order valence-electron chi connectivity index (χ3n) is 3.62. The molecule has 1 saturated carbocycles. The molecule has 0 atom stereocenters. The Morgan fingerprint density at radius 1 is 1.24 bits per heavy atom. The van der Waals surface area contributed by atoms with Crippen molar-refractivity contribution in [3.05, 3.63) is 57.1 Å². The van der Waals surface area contributed by atoms with Gasteiger partial charge in [-0.2, -0.15) is 0 Å². The van der Waals surface area contributed by atoms with E-state index in [2.05, 4.69) is 0 Å². The van der Waals surface area contributed by atoms with Gasteiger partial charge < -0.3 is 9.30 Å². The Balaban J connectivity index is 2.02. The van der Waals surface area contributed by atoms with Crippen molar-refractivity contribution in [2.45, 2.75) is 19.4 Å². The Morgan fingerprint density at radius 2 is 2.00 bits per heavy atom.